The second-order valence-electron chi connectivity index (χ2n) is 25.3. The van der Waals surface area contributed by atoms with Gasteiger partial charge in [-0.15, -0.1) is 0 Å². The van der Waals surface area contributed by atoms with E-state index in [9.17, 15) is 8.78 Å². The highest BCUT2D eigenvalue weighted by molar-refractivity contribution is 5.92. The molecule has 14 aromatic carbocycles. The third kappa shape index (κ3) is 10.6. The number of halogens is 2. The minimum atomic E-state index is -0.724. The van der Waals surface area contributed by atoms with Crippen LogP contribution in [-0.2, 0) is 10.8 Å². The molecule has 2 unspecified atom stereocenters. The van der Waals surface area contributed by atoms with E-state index in [0.29, 0.717) is 0 Å². The molecule has 0 radical (unpaired) electrons. The van der Waals surface area contributed by atoms with Crippen molar-refractivity contribution in [3.05, 3.63) is 419 Å². The van der Waals surface area contributed by atoms with Gasteiger partial charge in [0.25, 0.3) is 0 Å². The molecule has 2 aliphatic rings. The number of hydrogen-bond donors (Lipinski definition) is 0. The largest absolute Gasteiger partial charge is 0.457 e. The number of anilines is 6. The fourth-order valence-corrected chi connectivity index (χ4v) is 14.8. The fourth-order valence-electron chi connectivity index (χ4n) is 14.8. The van der Waals surface area contributed by atoms with Crippen LogP contribution in [0.4, 0.5) is 42.9 Å². The molecular weight excluding hydrogens is 1200 g/mol. The predicted octanol–water partition coefficient (Wildman–Crippen LogP) is 24.8. The molecule has 98 heavy (non-hydrogen) atoms. The van der Waals surface area contributed by atoms with Crippen molar-refractivity contribution >= 4 is 46.3 Å². The second kappa shape index (κ2) is 25.1. The zero-order valence-corrected chi connectivity index (χ0v) is 54.2. The maximum absolute atomic E-state index is 15.0. The van der Waals surface area contributed by atoms with Gasteiger partial charge in [0.2, 0.25) is 0 Å². The van der Waals surface area contributed by atoms with E-state index < -0.39 is 10.8 Å². The zero-order valence-electron chi connectivity index (χ0n) is 54.2. The van der Waals surface area contributed by atoms with Crippen molar-refractivity contribution in [2.45, 2.75) is 24.7 Å². The smallest absolute Gasteiger partial charge is 0.127 e. The molecule has 470 valence electrons. The van der Waals surface area contributed by atoms with E-state index in [4.69, 9.17) is 9.47 Å². The Balaban J connectivity index is 0.763. The highest BCUT2D eigenvalue weighted by atomic mass is 19.1. The summed E-state index contributed by atoms with van der Waals surface area (Å²) in [7, 11) is 0. The number of ether oxygens (including phenoxy) is 2. The quantitative estimate of drug-likeness (QED) is 0.0907. The van der Waals surface area contributed by atoms with Crippen molar-refractivity contribution in [3.8, 4) is 56.4 Å². The number of rotatable bonds is 17. The van der Waals surface area contributed by atoms with Gasteiger partial charge in [-0.25, -0.2) is 8.78 Å². The highest BCUT2D eigenvalue weighted by Crippen LogP contribution is 2.60. The zero-order chi connectivity index (χ0) is 66.5. The Bertz CT molecular complexity index is 4950. The number of benzene rings is 14. The molecule has 0 aromatic heterocycles. The van der Waals surface area contributed by atoms with Gasteiger partial charge < -0.3 is 19.3 Å². The summed E-state index contributed by atoms with van der Waals surface area (Å²) < 4.78 is 42.8. The SMILES string of the molecule is C=Cc1ccc(Oc2ccc(C3(c4ccc(C)cc4)c4ccccc4-c4ccc(N(c5ccc(F)cc5)c5ccc(-c6ccc(N(c7ccc(F)cc7)c7ccc8c(c7)C(c7ccc(C)cc7)(c7ccc(Oc9ccc(C=C)cc9)cc7)c7ccccc7-8)cc6)cc5)cc43)cc2)cc1. The van der Waals surface area contributed by atoms with Crippen LogP contribution in [0.15, 0.2) is 341 Å². The number of fused-ring (bicyclic) bond motifs is 6. The van der Waals surface area contributed by atoms with Crippen molar-refractivity contribution in [3.63, 3.8) is 0 Å². The Labute approximate surface area is 571 Å². The molecule has 0 saturated carbocycles. The summed E-state index contributed by atoms with van der Waals surface area (Å²) in [6.45, 7) is 12.1. The average molecular weight is 1270 g/mol. The van der Waals surface area contributed by atoms with Crippen molar-refractivity contribution in [1.82, 2.24) is 0 Å². The van der Waals surface area contributed by atoms with Crippen LogP contribution in [0.1, 0.15) is 66.8 Å². The maximum atomic E-state index is 15.0. The maximum Gasteiger partial charge on any atom is 0.127 e. The molecule has 0 bridgehead atoms. The number of aryl methyl sites for hydroxylation is 2. The first-order chi connectivity index (χ1) is 48.0. The molecule has 4 nitrogen and oxygen atoms in total. The van der Waals surface area contributed by atoms with Gasteiger partial charge >= 0.3 is 0 Å². The van der Waals surface area contributed by atoms with Gasteiger partial charge in [0.15, 0.2) is 0 Å². The Hall–Kier alpha value is -12.4. The van der Waals surface area contributed by atoms with E-state index in [1.54, 1.807) is 0 Å². The minimum absolute atomic E-state index is 0.314. The lowest BCUT2D eigenvalue weighted by atomic mass is 9.67. The van der Waals surface area contributed by atoms with Gasteiger partial charge in [0, 0.05) is 34.1 Å². The molecule has 0 saturated heterocycles. The summed E-state index contributed by atoms with van der Waals surface area (Å²) in [5, 5.41) is 0. The van der Waals surface area contributed by atoms with Crippen molar-refractivity contribution in [2.75, 3.05) is 9.80 Å². The van der Waals surface area contributed by atoms with E-state index in [1.807, 2.05) is 84.9 Å². The average Bonchev–Trinajstić information content (AvgIpc) is 1.52. The highest BCUT2D eigenvalue weighted by Gasteiger charge is 2.48. The van der Waals surface area contributed by atoms with Crippen LogP contribution >= 0.6 is 0 Å². The first-order valence-electron chi connectivity index (χ1n) is 33.0. The topological polar surface area (TPSA) is 24.9 Å². The Morgan fingerprint density at radius 1 is 0.286 bits per heavy atom. The van der Waals surface area contributed by atoms with Gasteiger partial charge in [-0.1, -0.05) is 218 Å². The summed E-state index contributed by atoms with van der Waals surface area (Å²) in [5.41, 5.74) is 23.9. The van der Waals surface area contributed by atoms with Crippen molar-refractivity contribution < 1.29 is 18.3 Å². The first-order valence-corrected chi connectivity index (χ1v) is 33.0. The van der Waals surface area contributed by atoms with Gasteiger partial charge in [0.1, 0.15) is 34.6 Å². The summed E-state index contributed by atoms with van der Waals surface area (Å²) >= 11 is 0. The molecule has 2 atom stereocenters. The van der Waals surface area contributed by atoms with Crippen molar-refractivity contribution in [1.29, 1.82) is 0 Å². The van der Waals surface area contributed by atoms with Crippen LogP contribution < -0.4 is 19.3 Å². The number of hydrogen-bond acceptors (Lipinski definition) is 4. The van der Waals surface area contributed by atoms with Crippen LogP contribution in [0.2, 0.25) is 0 Å². The van der Waals surface area contributed by atoms with Crippen LogP contribution in [0, 0.1) is 25.5 Å². The molecule has 0 aliphatic heterocycles. The van der Waals surface area contributed by atoms with E-state index in [-0.39, 0.29) is 11.6 Å². The van der Waals surface area contributed by atoms with Crippen molar-refractivity contribution in [2.24, 2.45) is 0 Å². The lowest BCUT2D eigenvalue weighted by Crippen LogP contribution is -2.28. The van der Waals surface area contributed by atoms with Crippen LogP contribution in [0.25, 0.3) is 45.5 Å². The predicted molar refractivity (Wildman–Crippen MR) is 398 cm³/mol. The Morgan fingerprint density at radius 2 is 0.561 bits per heavy atom. The van der Waals surface area contributed by atoms with E-state index in [0.717, 1.165) is 135 Å². The van der Waals surface area contributed by atoms with Gasteiger partial charge in [-0.05, 0) is 248 Å². The summed E-state index contributed by atoms with van der Waals surface area (Å²) in [4.78, 5) is 4.42. The molecule has 0 heterocycles. The van der Waals surface area contributed by atoms with E-state index in [2.05, 4.69) is 267 Å². The summed E-state index contributed by atoms with van der Waals surface area (Å²) in [6, 6.07) is 112. The minimum Gasteiger partial charge on any atom is -0.457 e. The molecule has 2 aliphatic carbocycles. The standard InChI is InChI=1S/C92H66F2N2O2/c1-5-63-19-49-79(50-20-63)97-81-53-31-69(32-54-81)91(67-27-15-61(3)16-28-67)87-13-9-7-11-83(87)85-57-47-77(59-89(85)91)95(75-43-35-71(93)36-44-75)73-39-23-65(24-40-73)66-25-41-74(42-26-66)96(76-45-37-72(94)38-46-76)78-48-58-86-84-12-8-10-14-88(84)92(90(86)60-78,68-29-17-62(4)18-30-68)70-33-55-82(56-34-70)98-80-51-21-64(6-2)22-52-80/h5-60H,1-2H2,3-4H3. The van der Waals surface area contributed by atoms with Crippen LogP contribution in [0.3, 0.4) is 0 Å². The van der Waals surface area contributed by atoms with Crippen LogP contribution in [-0.4, -0.2) is 0 Å². The molecule has 0 N–H and O–H groups in total. The summed E-state index contributed by atoms with van der Waals surface area (Å²) in [6.07, 6.45) is 3.65. The molecular formula is C92H66F2N2O2. The lowest BCUT2D eigenvalue weighted by molar-refractivity contribution is 0.482. The Morgan fingerprint density at radius 3 is 0.888 bits per heavy atom. The molecule has 0 spiro atoms. The lowest BCUT2D eigenvalue weighted by Gasteiger charge is -2.35. The number of nitrogens with zero attached hydrogens (tertiary/aromatic N) is 2. The molecule has 16 rings (SSSR count). The normalized spacial score (nSPS) is 14.7. The van der Waals surface area contributed by atoms with Gasteiger partial charge in [-0.2, -0.15) is 0 Å². The van der Waals surface area contributed by atoms with Gasteiger partial charge in [0.05, 0.1) is 10.8 Å². The first kappa shape index (κ1) is 60.6. The van der Waals surface area contributed by atoms with E-state index in [1.165, 1.54) is 46.5 Å². The summed E-state index contributed by atoms with van der Waals surface area (Å²) in [5.74, 6) is 2.32. The molecule has 0 fully saturated rings. The third-order valence-electron chi connectivity index (χ3n) is 19.6. The third-order valence-corrected chi connectivity index (χ3v) is 19.6. The Kier molecular flexibility index (Phi) is 15.5. The van der Waals surface area contributed by atoms with Gasteiger partial charge in [-0.3, -0.25) is 0 Å². The second-order valence-corrected chi connectivity index (χ2v) is 25.3. The molecule has 14 aromatic rings. The molecule has 0 amide bonds. The molecule has 6 heteroatoms. The fraction of sp³-hybridized carbons (Fsp3) is 0.0435. The van der Waals surface area contributed by atoms with Crippen LogP contribution in [0.5, 0.6) is 23.0 Å². The monoisotopic (exact) mass is 1270 g/mol. The van der Waals surface area contributed by atoms with E-state index >= 15 is 0 Å².